The van der Waals surface area contributed by atoms with Gasteiger partial charge in [-0.05, 0) is 45.5 Å². The van der Waals surface area contributed by atoms with Crippen molar-refractivity contribution < 1.29 is 5.11 Å². The fourth-order valence-electron chi connectivity index (χ4n) is 2.58. The number of nitrogens with zero attached hydrogens (tertiary/aromatic N) is 1. The molecule has 21 heavy (non-hydrogen) atoms. The third kappa shape index (κ3) is 3.19. The minimum Gasteiger partial charge on any atom is -0.508 e. The Kier molecular flexibility index (Phi) is 4.86. The second-order valence-corrected chi connectivity index (χ2v) is 5.28. The van der Waals surface area contributed by atoms with Gasteiger partial charge < -0.3 is 15.3 Å². The number of phenolic OH excluding ortho intramolecular Hbond substituents is 1. The van der Waals surface area contributed by atoms with E-state index >= 15 is 0 Å². The van der Waals surface area contributed by atoms with Crippen molar-refractivity contribution in [3.8, 4) is 5.75 Å². The summed E-state index contributed by atoms with van der Waals surface area (Å²) >= 11 is 0. The summed E-state index contributed by atoms with van der Waals surface area (Å²) < 4.78 is 0. The molecule has 0 aliphatic rings. The Bertz CT molecular complexity index is 610. The molecular formula is C18H24N2O. The Balaban J connectivity index is 2.40. The highest BCUT2D eigenvalue weighted by atomic mass is 16.3. The predicted octanol–water partition coefficient (Wildman–Crippen LogP) is 4.14. The first-order valence-electron chi connectivity index (χ1n) is 7.41. The molecule has 0 bridgehead atoms. The van der Waals surface area contributed by atoms with Gasteiger partial charge in [0.05, 0.1) is 0 Å². The van der Waals surface area contributed by atoms with Crippen molar-refractivity contribution in [3.63, 3.8) is 0 Å². The molecule has 112 valence electrons. The van der Waals surface area contributed by atoms with Crippen molar-refractivity contribution in [3.05, 3.63) is 53.6 Å². The lowest BCUT2D eigenvalue weighted by molar-refractivity contribution is 0.458. The van der Waals surface area contributed by atoms with E-state index in [9.17, 15) is 5.11 Å². The van der Waals surface area contributed by atoms with Crippen molar-refractivity contribution in [1.82, 2.24) is 5.32 Å². The first-order valence-corrected chi connectivity index (χ1v) is 7.41. The zero-order chi connectivity index (χ0) is 15.4. The number of nitrogens with one attached hydrogen (secondary N) is 1. The average Bonchev–Trinajstić information content (AvgIpc) is 2.49. The summed E-state index contributed by atoms with van der Waals surface area (Å²) in [4.78, 5) is 2.21. The number of aromatic hydroxyl groups is 1. The third-order valence-electron chi connectivity index (χ3n) is 3.95. The Morgan fingerprint density at radius 3 is 2.48 bits per heavy atom. The number of hydrogen-bond donors (Lipinski definition) is 2. The van der Waals surface area contributed by atoms with Crippen LogP contribution in [0.15, 0.2) is 42.5 Å². The third-order valence-corrected chi connectivity index (χ3v) is 3.95. The first-order chi connectivity index (χ1) is 10.1. The van der Waals surface area contributed by atoms with Gasteiger partial charge in [-0.25, -0.2) is 0 Å². The van der Waals surface area contributed by atoms with Gasteiger partial charge in [0.2, 0.25) is 0 Å². The molecule has 0 aliphatic heterocycles. The van der Waals surface area contributed by atoms with Crippen LogP contribution in [0.2, 0.25) is 0 Å². The predicted molar refractivity (Wildman–Crippen MR) is 89.4 cm³/mol. The van der Waals surface area contributed by atoms with Gasteiger partial charge in [0.15, 0.2) is 0 Å². The van der Waals surface area contributed by atoms with Crippen LogP contribution in [0.5, 0.6) is 5.75 Å². The van der Waals surface area contributed by atoms with Crippen LogP contribution in [0.4, 0.5) is 11.4 Å². The van der Waals surface area contributed by atoms with Crippen molar-refractivity contribution in [2.75, 3.05) is 18.5 Å². The summed E-state index contributed by atoms with van der Waals surface area (Å²) in [7, 11) is 1.89. The molecule has 2 aromatic carbocycles. The van der Waals surface area contributed by atoms with Gasteiger partial charge in [-0.15, -0.1) is 0 Å². The maximum absolute atomic E-state index is 10.3. The quantitative estimate of drug-likeness (QED) is 0.866. The number of phenols is 1. The number of para-hydroxylation sites is 1. The number of rotatable bonds is 5. The smallest absolute Gasteiger partial charge is 0.122 e. The van der Waals surface area contributed by atoms with Crippen LogP contribution in [0.3, 0.4) is 0 Å². The van der Waals surface area contributed by atoms with Crippen LogP contribution in [0.25, 0.3) is 0 Å². The molecule has 0 saturated carbocycles. The number of benzene rings is 2. The molecule has 3 nitrogen and oxygen atoms in total. The van der Waals surface area contributed by atoms with Gasteiger partial charge in [0.25, 0.3) is 0 Å². The van der Waals surface area contributed by atoms with Gasteiger partial charge in [-0.2, -0.15) is 0 Å². The largest absolute Gasteiger partial charge is 0.508 e. The van der Waals surface area contributed by atoms with Gasteiger partial charge >= 0.3 is 0 Å². The van der Waals surface area contributed by atoms with E-state index in [4.69, 9.17) is 0 Å². The lowest BCUT2D eigenvalue weighted by Gasteiger charge is -2.26. The molecule has 0 heterocycles. The molecular weight excluding hydrogens is 260 g/mol. The molecule has 1 unspecified atom stereocenters. The molecule has 0 saturated heterocycles. The maximum atomic E-state index is 10.3. The standard InChI is InChI=1S/C18H24N2O/c1-5-20(17-9-7-6-8-13(17)2)15-10-11-16(14(3)19-4)18(21)12-15/h6-12,14,19,21H,5H2,1-4H3. The van der Waals surface area contributed by atoms with Crippen molar-refractivity contribution in [2.24, 2.45) is 0 Å². The van der Waals surface area contributed by atoms with Gasteiger partial charge in [0, 0.05) is 35.6 Å². The van der Waals surface area contributed by atoms with Crippen LogP contribution in [-0.2, 0) is 0 Å². The highest BCUT2D eigenvalue weighted by Crippen LogP contribution is 2.33. The van der Waals surface area contributed by atoms with Crippen molar-refractivity contribution in [2.45, 2.75) is 26.8 Å². The fraction of sp³-hybridized carbons (Fsp3) is 0.333. The lowest BCUT2D eigenvalue weighted by Crippen LogP contribution is -2.17. The molecule has 3 heteroatoms. The summed E-state index contributed by atoms with van der Waals surface area (Å²) in [6.45, 7) is 7.11. The van der Waals surface area contributed by atoms with Crippen LogP contribution in [0.1, 0.15) is 31.0 Å². The van der Waals surface area contributed by atoms with Crippen molar-refractivity contribution >= 4 is 11.4 Å². The van der Waals surface area contributed by atoms with E-state index in [0.717, 1.165) is 17.8 Å². The van der Waals surface area contributed by atoms with Gasteiger partial charge in [-0.3, -0.25) is 0 Å². The molecule has 2 rings (SSSR count). The zero-order valence-electron chi connectivity index (χ0n) is 13.2. The normalized spacial score (nSPS) is 12.2. The molecule has 0 amide bonds. The Labute approximate surface area is 127 Å². The minimum absolute atomic E-state index is 0.132. The van der Waals surface area contributed by atoms with Crippen LogP contribution >= 0.6 is 0 Å². The van der Waals surface area contributed by atoms with E-state index in [2.05, 4.69) is 42.3 Å². The summed E-state index contributed by atoms with van der Waals surface area (Å²) in [6, 6.07) is 14.3. The molecule has 2 aromatic rings. The first kappa shape index (κ1) is 15.4. The van der Waals surface area contributed by atoms with Crippen molar-refractivity contribution in [1.29, 1.82) is 0 Å². The topological polar surface area (TPSA) is 35.5 Å². The van der Waals surface area contributed by atoms with E-state index in [1.54, 1.807) is 0 Å². The van der Waals surface area contributed by atoms with E-state index in [1.807, 2.05) is 38.2 Å². The molecule has 2 N–H and O–H groups in total. The van der Waals surface area contributed by atoms with E-state index < -0.39 is 0 Å². The number of anilines is 2. The minimum atomic E-state index is 0.132. The van der Waals surface area contributed by atoms with Gasteiger partial charge in [0.1, 0.15) is 5.75 Å². The van der Waals surface area contributed by atoms with Gasteiger partial charge in [-0.1, -0.05) is 24.3 Å². The van der Waals surface area contributed by atoms with Crippen LogP contribution in [-0.4, -0.2) is 18.7 Å². The highest BCUT2D eigenvalue weighted by molar-refractivity contribution is 5.68. The molecule has 1 atom stereocenters. The summed E-state index contributed by atoms with van der Waals surface area (Å²) in [5.74, 6) is 0.335. The summed E-state index contributed by atoms with van der Waals surface area (Å²) in [5.41, 5.74) is 4.33. The monoisotopic (exact) mass is 284 g/mol. The SMILES string of the molecule is CCN(c1ccc(C(C)NC)c(O)c1)c1ccccc1C. The Morgan fingerprint density at radius 2 is 1.90 bits per heavy atom. The lowest BCUT2D eigenvalue weighted by atomic mass is 10.1. The molecule has 0 aliphatic carbocycles. The number of hydrogen-bond acceptors (Lipinski definition) is 3. The Morgan fingerprint density at radius 1 is 1.19 bits per heavy atom. The molecule has 0 aromatic heterocycles. The maximum Gasteiger partial charge on any atom is 0.122 e. The van der Waals surface area contributed by atoms with Crippen LogP contribution in [0, 0.1) is 6.92 Å². The summed E-state index contributed by atoms with van der Waals surface area (Å²) in [6.07, 6.45) is 0. The highest BCUT2D eigenvalue weighted by Gasteiger charge is 2.13. The van der Waals surface area contributed by atoms with E-state index in [-0.39, 0.29) is 6.04 Å². The van der Waals surface area contributed by atoms with E-state index in [0.29, 0.717) is 5.75 Å². The molecule has 0 radical (unpaired) electrons. The molecule has 0 spiro atoms. The second kappa shape index (κ2) is 6.64. The van der Waals surface area contributed by atoms with Crippen LogP contribution < -0.4 is 10.2 Å². The molecule has 0 fully saturated rings. The zero-order valence-corrected chi connectivity index (χ0v) is 13.2. The average molecular weight is 284 g/mol. The Hall–Kier alpha value is -2.00. The summed E-state index contributed by atoms with van der Waals surface area (Å²) in [5, 5.41) is 13.4. The van der Waals surface area contributed by atoms with E-state index in [1.165, 1.54) is 11.3 Å². The number of aryl methyl sites for hydroxylation is 1. The fourth-order valence-corrected chi connectivity index (χ4v) is 2.58. The second-order valence-electron chi connectivity index (χ2n) is 5.28.